The highest BCUT2D eigenvalue weighted by molar-refractivity contribution is 5.67. The molecule has 0 aliphatic rings. The van der Waals surface area contributed by atoms with Crippen LogP contribution in [0.15, 0.2) is 0 Å². The van der Waals surface area contributed by atoms with Crippen LogP contribution in [0, 0.1) is 0 Å². The average Bonchev–Trinajstić information content (AvgIpc) is 2.83. The van der Waals surface area contributed by atoms with Crippen LogP contribution in [0.25, 0.3) is 0 Å². The predicted molar refractivity (Wildman–Crippen MR) is 137 cm³/mol. The number of unbranched alkanes of at least 4 members (excludes halogenated alkanes) is 14. The summed E-state index contributed by atoms with van der Waals surface area (Å²) in [5.74, 6) is -0.973. The van der Waals surface area contributed by atoms with E-state index >= 15 is 0 Å². The van der Waals surface area contributed by atoms with Crippen LogP contribution < -0.4 is 0 Å². The third kappa shape index (κ3) is 31.3. The first kappa shape index (κ1) is 33.3. The smallest absolute Gasteiger partial charge is 0.329 e. The SMILES string of the molecule is CCCCCCCCCCCCCCCCCOCCOCCOCCOCCOCC(=O)O. The van der Waals surface area contributed by atoms with E-state index in [1.807, 2.05) is 0 Å². The minimum Gasteiger partial charge on any atom is -0.480 e. The van der Waals surface area contributed by atoms with Gasteiger partial charge in [0.2, 0.25) is 0 Å². The lowest BCUT2D eigenvalue weighted by atomic mass is 10.0. The van der Waals surface area contributed by atoms with Crippen molar-refractivity contribution in [1.82, 2.24) is 0 Å². The Morgan fingerprint density at radius 2 is 0.735 bits per heavy atom. The largest absolute Gasteiger partial charge is 0.480 e. The Morgan fingerprint density at radius 1 is 0.441 bits per heavy atom. The van der Waals surface area contributed by atoms with Crippen molar-refractivity contribution in [2.45, 2.75) is 103 Å². The van der Waals surface area contributed by atoms with E-state index in [1.165, 1.54) is 89.9 Å². The van der Waals surface area contributed by atoms with Crippen molar-refractivity contribution in [3.63, 3.8) is 0 Å². The van der Waals surface area contributed by atoms with Crippen LogP contribution in [0.1, 0.15) is 103 Å². The zero-order valence-electron chi connectivity index (χ0n) is 22.1. The van der Waals surface area contributed by atoms with Crippen molar-refractivity contribution in [3.8, 4) is 0 Å². The number of carboxylic acid groups (broad SMARTS) is 1. The number of aliphatic carboxylic acids is 1. The second-order valence-electron chi connectivity index (χ2n) is 8.85. The van der Waals surface area contributed by atoms with Gasteiger partial charge in [0.25, 0.3) is 0 Å². The van der Waals surface area contributed by atoms with Crippen molar-refractivity contribution in [1.29, 1.82) is 0 Å². The zero-order valence-corrected chi connectivity index (χ0v) is 22.1. The maximum absolute atomic E-state index is 10.2. The van der Waals surface area contributed by atoms with E-state index in [1.54, 1.807) is 0 Å². The first-order valence-corrected chi connectivity index (χ1v) is 13.9. The summed E-state index contributed by atoms with van der Waals surface area (Å²) in [7, 11) is 0. The van der Waals surface area contributed by atoms with Crippen molar-refractivity contribution >= 4 is 5.97 Å². The summed E-state index contributed by atoms with van der Waals surface area (Å²) >= 11 is 0. The molecule has 0 radical (unpaired) electrons. The van der Waals surface area contributed by atoms with Gasteiger partial charge in [-0.1, -0.05) is 96.8 Å². The molecule has 0 spiro atoms. The molecule has 0 fully saturated rings. The van der Waals surface area contributed by atoms with Crippen LogP contribution in [-0.2, 0) is 28.5 Å². The molecule has 0 atom stereocenters. The summed E-state index contributed by atoms with van der Waals surface area (Å²) in [6.07, 6.45) is 20.7. The van der Waals surface area contributed by atoms with E-state index in [9.17, 15) is 4.79 Å². The third-order valence-corrected chi connectivity index (χ3v) is 5.61. The van der Waals surface area contributed by atoms with E-state index in [-0.39, 0.29) is 13.2 Å². The van der Waals surface area contributed by atoms with E-state index in [0.29, 0.717) is 46.2 Å². The van der Waals surface area contributed by atoms with Gasteiger partial charge in [-0.15, -0.1) is 0 Å². The molecule has 204 valence electrons. The van der Waals surface area contributed by atoms with E-state index in [0.717, 1.165) is 13.0 Å². The summed E-state index contributed by atoms with van der Waals surface area (Å²) < 4.78 is 26.6. The molecule has 0 saturated heterocycles. The zero-order chi connectivity index (χ0) is 24.8. The lowest BCUT2D eigenvalue weighted by Crippen LogP contribution is -2.14. The normalized spacial score (nSPS) is 11.3. The number of hydrogen-bond acceptors (Lipinski definition) is 6. The molecule has 0 aliphatic heterocycles. The molecule has 0 unspecified atom stereocenters. The van der Waals surface area contributed by atoms with Gasteiger partial charge in [-0.2, -0.15) is 0 Å². The van der Waals surface area contributed by atoms with Gasteiger partial charge in [0.15, 0.2) is 0 Å². The van der Waals surface area contributed by atoms with Gasteiger partial charge >= 0.3 is 5.97 Å². The summed E-state index contributed by atoms with van der Waals surface area (Å²) in [5, 5.41) is 8.41. The predicted octanol–water partition coefficient (Wildman–Crippen LogP) is 6.03. The second-order valence-corrected chi connectivity index (χ2v) is 8.85. The Morgan fingerprint density at radius 3 is 1.09 bits per heavy atom. The van der Waals surface area contributed by atoms with E-state index in [4.69, 9.17) is 28.8 Å². The van der Waals surface area contributed by atoms with Crippen LogP contribution in [-0.4, -0.2) is 77.1 Å². The molecule has 0 aromatic rings. The first-order chi connectivity index (χ1) is 16.8. The number of rotatable bonds is 30. The van der Waals surface area contributed by atoms with Crippen molar-refractivity contribution < 1.29 is 33.6 Å². The van der Waals surface area contributed by atoms with Crippen molar-refractivity contribution in [2.24, 2.45) is 0 Å². The van der Waals surface area contributed by atoms with Gasteiger partial charge in [0, 0.05) is 6.61 Å². The molecule has 1 N–H and O–H groups in total. The fourth-order valence-corrected chi connectivity index (χ4v) is 3.61. The Kier molecular flexibility index (Phi) is 29.7. The maximum atomic E-state index is 10.2. The van der Waals surface area contributed by atoms with Crippen LogP contribution >= 0.6 is 0 Å². The minimum atomic E-state index is -0.973. The highest BCUT2D eigenvalue weighted by atomic mass is 16.6. The highest BCUT2D eigenvalue weighted by Gasteiger charge is 1.97. The fourth-order valence-electron chi connectivity index (χ4n) is 3.61. The summed E-state index contributed by atoms with van der Waals surface area (Å²) in [6, 6.07) is 0. The lowest BCUT2D eigenvalue weighted by molar-refractivity contribution is -0.142. The first-order valence-electron chi connectivity index (χ1n) is 13.9. The van der Waals surface area contributed by atoms with E-state index in [2.05, 4.69) is 6.92 Å². The lowest BCUT2D eigenvalue weighted by Gasteiger charge is -2.07. The average molecular weight is 491 g/mol. The summed E-state index contributed by atoms with van der Waals surface area (Å²) in [6.45, 7) is 6.70. The minimum absolute atomic E-state index is 0.273. The molecule has 34 heavy (non-hydrogen) atoms. The molecule has 0 aromatic heterocycles. The van der Waals surface area contributed by atoms with E-state index < -0.39 is 5.97 Å². The van der Waals surface area contributed by atoms with Gasteiger partial charge in [-0.05, 0) is 6.42 Å². The number of hydrogen-bond donors (Lipinski definition) is 1. The molecule has 7 nitrogen and oxygen atoms in total. The van der Waals surface area contributed by atoms with Gasteiger partial charge < -0.3 is 28.8 Å². The third-order valence-electron chi connectivity index (χ3n) is 5.61. The summed E-state index contributed by atoms with van der Waals surface area (Å²) in [4.78, 5) is 10.2. The number of carboxylic acids is 1. The number of carbonyl (C=O) groups is 1. The second kappa shape index (κ2) is 30.3. The van der Waals surface area contributed by atoms with Crippen LogP contribution in [0.4, 0.5) is 0 Å². The molecule has 0 aliphatic carbocycles. The maximum Gasteiger partial charge on any atom is 0.329 e. The highest BCUT2D eigenvalue weighted by Crippen LogP contribution is 2.13. The molecule has 0 rings (SSSR count). The molecule has 0 amide bonds. The molecular formula is C27H54O7. The molecule has 7 heteroatoms. The van der Waals surface area contributed by atoms with Crippen LogP contribution in [0.3, 0.4) is 0 Å². The Labute approximate surface area is 209 Å². The Bertz CT molecular complexity index is 393. The van der Waals surface area contributed by atoms with Gasteiger partial charge in [-0.25, -0.2) is 4.79 Å². The summed E-state index contributed by atoms with van der Waals surface area (Å²) in [5.41, 5.74) is 0. The molecule has 0 heterocycles. The molecule has 0 aromatic carbocycles. The van der Waals surface area contributed by atoms with Crippen molar-refractivity contribution in [2.75, 3.05) is 66.1 Å². The van der Waals surface area contributed by atoms with Crippen molar-refractivity contribution in [3.05, 3.63) is 0 Å². The fraction of sp³-hybridized carbons (Fsp3) is 0.963. The molecule has 0 bridgehead atoms. The topological polar surface area (TPSA) is 83.5 Å². The molecule has 0 saturated carbocycles. The van der Waals surface area contributed by atoms with Gasteiger partial charge in [0.05, 0.1) is 52.9 Å². The van der Waals surface area contributed by atoms with Gasteiger partial charge in [-0.3, -0.25) is 0 Å². The van der Waals surface area contributed by atoms with Gasteiger partial charge in [0.1, 0.15) is 6.61 Å². The standard InChI is InChI=1S/C27H54O7/c1-2-3-4-5-6-7-8-9-10-11-12-13-14-15-16-17-30-18-19-31-20-21-32-22-23-33-24-25-34-26-27(28)29/h2-26H2,1H3,(H,28,29). The van der Waals surface area contributed by atoms with Crippen LogP contribution in [0.2, 0.25) is 0 Å². The monoisotopic (exact) mass is 490 g/mol. The quantitative estimate of drug-likeness (QED) is 0.123. The Balaban J connectivity index is 3.01. The van der Waals surface area contributed by atoms with Crippen LogP contribution in [0.5, 0.6) is 0 Å². The Hall–Kier alpha value is -0.730. The molecular weight excluding hydrogens is 436 g/mol. The number of ether oxygens (including phenoxy) is 5.